The molecule has 2 aliphatic heterocycles. The molecule has 2 aromatic rings. The van der Waals surface area contributed by atoms with E-state index < -0.39 is 6.04 Å². The Labute approximate surface area is 188 Å². The third-order valence-corrected chi connectivity index (χ3v) is 5.85. The molecule has 2 unspecified atom stereocenters. The van der Waals surface area contributed by atoms with Gasteiger partial charge in [-0.3, -0.25) is 14.4 Å². The van der Waals surface area contributed by atoms with Crippen LogP contribution in [0, 0.1) is 5.41 Å². The van der Waals surface area contributed by atoms with Crippen LogP contribution in [0.5, 0.6) is 5.75 Å². The molecule has 0 bridgehead atoms. The Kier molecular flexibility index (Phi) is 5.67. The van der Waals surface area contributed by atoms with E-state index in [1.807, 2.05) is 57.2 Å². The first-order valence-corrected chi connectivity index (χ1v) is 10.8. The number of benzene rings is 2. The van der Waals surface area contributed by atoms with Crippen molar-refractivity contribution in [2.45, 2.75) is 45.7 Å². The molecule has 0 aromatic heterocycles. The van der Waals surface area contributed by atoms with Gasteiger partial charge in [0.2, 0.25) is 11.8 Å². The van der Waals surface area contributed by atoms with Crippen LogP contribution >= 0.6 is 0 Å². The highest BCUT2D eigenvalue weighted by atomic mass is 16.5. The molecule has 0 radical (unpaired) electrons. The first kappa shape index (κ1) is 21.9. The van der Waals surface area contributed by atoms with Crippen LogP contribution in [0.3, 0.4) is 0 Å². The molecule has 2 aliphatic rings. The topological polar surface area (TPSA) is 87.7 Å². The number of anilines is 1. The van der Waals surface area contributed by atoms with E-state index >= 15 is 0 Å². The number of nitrogens with one attached hydrogen (secondary N) is 2. The first-order valence-electron chi connectivity index (χ1n) is 10.8. The van der Waals surface area contributed by atoms with Gasteiger partial charge in [0, 0.05) is 19.0 Å². The maximum atomic E-state index is 13.4. The third-order valence-electron chi connectivity index (χ3n) is 5.85. The Morgan fingerprint density at radius 3 is 2.47 bits per heavy atom. The molecule has 2 heterocycles. The fraction of sp³-hybridized carbons (Fsp3) is 0.400. The van der Waals surface area contributed by atoms with Crippen LogP contribution in [0.25, 0.3) is 11.1 Å². The molecule has 168 valence electrons. The van der Waals surface area contributed by atoms with E-state index in [2.05, 4.69) is 10.6 Å². The van der Waals surface area contributed by atoms with E-state index in [9.17, 15) is 14.4 Å². The van der Waals surface area contributed by atoms with Crippen molar-refractivity contribution in [1.82, 2.24) is 10.2 Å². The summed E-state index contributed by atoms with van der Waals surface area (Å²) in [6.07, 6.45) is 0.801. The molecule has 2 N–H and O–H groups in total. The van der Waals surface area contributed by atoms with Crippen LogP contribution in [0.15, 0.2) is 42.5 Å². The quantitative estimate of drug-likeness (QED) is 0.770. The predicted octanol–water partition coefficient (Wildman–Crippen LogP) is 3.45. The summed E-state index contributed by atoms with van der Waals surface area (Å²) in [5.74, 6) is 0.273. The number of rotatable bonds is 4. The van der Waals surface area contributed by atoms with E-state index in [4.69, 9.17) is 4.74 Å². The fourth-order valence-corrected chi connectivity index (χ4v) is 4.34. The van der Waals surface area contributed by atoms with Gasteiger partial charge in [0.05, 0.1) is 18.4 Å². The van der Waals surface area contributed by atoms with Gasteiger partial charge in [0.15, 0.2) is 0 Å². The molecule has 32 heavy (non-hydrogen) atoms. The summed E-state index contributed by atoms with van der Waals surface area (Å²) in [4.78, 5) is 40.2. The van der Waals surface area contributed by atoms with Gasteiger partial charge in [-0.05, 0) is 47.2 Å². The number of hydrogen-bond acceptors (Lipinski definition) is 4. The minimum atomic E-state index is -0.598. The van der Waals surface area contributed by atoms with Gasteiger partial charge >= 0.3 is 0 Å². The molecule has 1 saturated heterocycles. The lowest BCUT2D eigenvalue weighted by Crippen LogP contribution is -2.41. The van der Waals surface area contributed by atoms with Crippen LogP contribution in [0.4, 0.5) is 5.69 Å². The lowest BCUT2D eigenvalue weighted by atomic mass is 9.92. The summed E-state index contributed by atoms with van der Waals surface area (Å²) in [7, 11) is 1.62. The van der Waals surface area contributed by atoms with Gasteiger partial charge < -0.3 is 20.3 Å². The van der Waals surface area contributed by atoms with Crippen LogP contribution in [0.1, 0.15) is 44.0 Å². The summed E-state index contributed by atoms with van der Waals surface area (Å²) in [6, 6.07) is 12.2. The van der Waals surface area contributed by atoms with Crippen molar-refractivity contribution in [1.29, 1.82) is 0 Å². The molecule has 2 atom stereocenters. The van der Waals surface area contributed by atoms with Crippen molar-refractivity contribution in [2.75, 3.05) is 19.0 Å². The highest BCUT2D eigenvalue weighted by molar-refractivity contribution is 6.10. The molecule has 7 nitrogen and oxygen atoms in total. The Bertz CT molecular complexity index is 1060. The van der Waals surface area contributed by atoms with Gasteiger partial charge in [-0.2, -0.15) is 0 Å². The minimum Gasteiger partial charge on any atom is -0.497 e. The number of methoxy groups -OCH3 is 1. The number of nitrogens with zero attached hydrogens (tertiary/aromatic N) is 1. The highest BCUT2D eigenvalue weighted by Crippen LogP contribution is 2.33. The normalized spacial score (nSPS) is 20.2. The summed E-state index contributed by atoms with van der Waals surface area (Å²) < 4.78 is 5.21. The van der Waals surface area contributed by atoms with Crippen molar-refractivity contribution >= 4 is 23.4 Å². The third kappa shape index (κ3) is 4.47. The molecule has 4 rings (SSSR count). The maximum absolute atomic E-state index is 13.4. The molecule has 2 aromatic carbocycles. The zero-order chi connectivity index (χ0) is 23.0. The lowest BCUT2D eigenvalue weighted by molar-refractivity contribution is -0.123. The Balaban J connectivity index is 1.57. The van der Waals surface area contributed by atoms with Crippen molar-refractivity contribution in [2.24, 2.45) is 5.41 Å². The largest absolute Gasteiger partial charge is 0.497 e. The zero-order valence-corrected chi connectivity index (χ0v) is 18.9. The molecule has 7 heteroatoms. The average Bonchev–Trinajstić information content (AvgIpc) is 3.12. The highest BCUT2D eigenvalue weighted by Gasteiger charge is 2.43. The second kappa shape index (κ2) is 8.30. The van der Waals surface area contributed by atoms with E-state index in [-0.39, 0.29) is 29.2 Å². The van der Waals surface area contributed by atoms with Crippen LogP contribution < -0.4 is 15.4 Å². The lowest BCUT2D eigenvalue weighted by Gasteiger charge is -2.21. The maximum Gasteiger partial charge on any atom is 0.256 e. The summed E-state index contributed by atoms with van der Waals surface area (Å²) in [5, 5.41) is 5.90. The number of ether oxygens (including phenoxy) is 1. The number of carbonyl (C=O) groups is 3. The molecule has 0 saturated carbocycles. The van der Waals surface area contributed by atoms with Crippen LogP contribution in [-0.2, 0) is 9.59 Å². The van der Waals surface area contributed by atoms with E-state index in [1.54, 1.807) is 18.1 Å². The number of amides is 3. The van der Waals surface area contributed by atoms with E-state index in [0.717, 1.165) is 16.9 Å². The molecule has 1 fully saturated rings. The number of hydrogen-bond donors (Lipinski definition) is 2. The van der Waals surface area contributed by atoms with Crippen molar-refractivity contribution in [3.8, 4) is 16.9 Å². The Morgan fingerprint density at radius 2 is 1.81 bits per heavy atom. The predicted molar refractivity (Wildman–Crippen MR) is 123 cm³/mol. The summed E-state index contributed by atoms with van der Waals surface area (Å²) >= 11 is 0. The smallest absolute Gasteiger partial charge is 0.256 e. The monoisotopic (exact) mass is 435 g/mol. The van der Waals surface area contributed by atoms with Crippen molar-refractivity contribution < 1.29 is 19.1 Å². The van der Waals surface area contributed by atoms with Gasteiger partial charge in [-0.25, -0.2) is 0 Å². The van der Waals surface area contributed by atoms with Gasteiger partial charge in [-0.15, -0.1) is 0 Å². The Morgan fingerprint density at radius 1 is 1.12 bits per heavy atom. The molecular weight excluding hydrogens is 406 g/mol. The minimum absolute atomic E-state index is 0.0600. The second-order valence-corrected chi connectivity index (χ2v) is 9.69. The van der Waals surface area contributed by atoms with Crippen molar-refractivity contribution in [3.63, 3.8) is 0 Å². The SMILES string of the molecule is COc1ccc(-c2ccc3c(c2)C(=O)N2CC(NC(=O)CC(C)(C)C)CC2C(=O)N3)cc1. The number of fused-ring (bicyclic) bond motifs is 2. The second-order valence-electron chi connectivity index (χ2n) is 9.69. The summed E-state index contributed by atoms with van der Waals surface area (Å²) in [5.41, 5.74) is 2.66. The van der Waals surface area contributed by atoms with Gasteiger partial charge in [0.25, 0.3) is 5.91 Å². The van der Waals surface area contributed by atoms with Crippen molar-refractivity contribution in [3.05, 3.63) is 48.0 Å². The first-order chi connectivity index (χ1) is 15.1. The zero-order valence-electron chi connectivity index (χ0n) is 18.9. The Hall–Kier alpha value is -3.35. The standard InChI is InChI=1S/C25H29N3O4/c1-25(2,3)13-22(29)26-17-12-21-23(30)27-20-10-7-16(11-19(20)24(31)28(21)14-17)15-5-8-18(32-4)9-6-15/h5-11,17,21H,12-14H2,1-4H3,(H,26,29)(H,27,30). The van der Waals surface area contributed by atoms with Gasteiger partial charge in [0.1, 0.15) is 11.8 Å². The van der Waals surface area contributed by atoms with Gasteiger partial charge in [-0.1, -0.05) is 39.0 Å². The molecule has 0 aliphatic carbocycles. The summed E-state index contributed by atoms with van der Waals surface area (Å²) in [6.45, 7) is 6.33. The van der Waals surface area contributed by atoms with E-state index in [0.29, 0.717) is 30.6 Å². The molecule has 3 amide bonds. The van der Waals surface area contributed by atoms with Crippen LogP contribution in [-0.4, -0.2) is 48.4 Å². The molecule has 0 spiro atoms. The number of carbonyl (C=O) groups excluding carboxylic acids is 3. The average molecular weight is 436 g/mol. The molecular formula is C25H29N3O4. The van der Waals surface area contributed by atoms with E-state index in [1.165, 1.54) is 0 Å². The fourth-order valence-electron chi connectivity index (χ4n) is 4.34. The van der Waals surface area contributed by atoms with Crippen LogP contribution in [0.2, 0.25) is 0 Å².